The van der Waals surface area contributed by atoms with Gasteiger partial charge in [0.1, 0.15) is 0 Å². The van der Waals surface area contributed by atoms with Crippen LogP contribution in [0, 0.1) is 0 Å². The quantitative estimate of drug-likeness (QED) is 0.758. The Morgan fingerprint density at radius 2 is 2.12 bits per heavy atom. The van der Waals surface area contributed by atoms with Crippen molar-refractivity contribution in [3.8, 4) is 0 Å². The van der Waals surface area contributed by atoms with Crippen LogP contribution >= 0.6 is 0 Å². The Morgan fingerprint density at radius 3 is 2.65 bits per heavy atom. The number of aliphatic hydroxyl groups excluding tert-OH is 1. The van der Waals surface area contributed by atoms with Crippen LogP contribution in [-0.2, 0) is 4.79 Å². The first-order chi connectivity index (χ1) is 8.08. The summed E-state index contributed by atoms with van der Waals surface area (Å²) in [5, 5.41) is 9.18. The number of hydrogen-bond donors (Lipinski definition) is 1. The highest BCUT2D eigenvalue weighted by molar-refractivity contribution is 5.76. The number of hydrogen-bond acceptors (Lipinski definition) is 3. The van der Waals surface area contributed by atoms with Gasteiger partial charge in [-0.1, -0.05) is 13.8 Å². The van der Waals surface area contributed by atoms with E-state index >= 15 is 0 Å². The molecule has 1 fully saturated rings. The molecule has 0 aliphatic carbocycles. The highest BCUT2D eigenvalue weighted by Crippen LogP contribution is 2.16. The summed E-state index contributed by atoms with van der Waals surface area (Å²) in [6.07, 6.45) is 1.76. The molecular weight excluding hydrogens is 216 g/mol. The van der Waals surface area contributed by atoms with Crippen molar-refractivity contribution in [3.05, 3.63) is 0 Å². The topological polar surface area (TPSA) is 43.8 Å². The van der Waals surface area contributed by atoms with Gasteiger partial charge in [0.2, 0.25) is 5.91 Å². The molecule has 2 unspecified atom stereocenters. The van der Waals surface area contributed by atoms with Crippen LogP contribution in [0.5, 0.6) is 0 Å². The highest BCUT2D eigenvalue weighted by atomic mass is 16.3. The molecule has 1 amide bonds. The number of rotatable bonds is 6. The molecule has 0 bridgehead atoms. The first-order valence-corrected chi connectivity index (χ1v) is 6.78. The number of likely N-dealkylation sites (tertiary alicyclic amines) is 1. The van der Waals surface area contributed by atoms with Crippen molar-refractivity contribution in [1.82, 2.24) is 9.80 Å². The monoisotopic (exact) mass is 242 g/mol. The van der Waals surface area contributed by atoms with E-state index in [0.29, 0.717) is 18.9 Å². The van der Waals surface area contributed by atoms with E-state index in [-0.39, 0.29) is 12.0 Å². The summed E-state index contributed by atoms with van der Waals surface area (Å²) >= 11 is 0. The zero-order chi connectivity index (χ0) is 12.8. The lowest BCUT2D eigenvalue weighted by Crippen LogP contribution is -2.38. The van der Waals surface area contributed by atoms with Crippen LogP contribution in [0.2, 0.25) is 0 Å². The van der Waals surface area contributed by atoms with Crippen molar-refractivity contribution in [1.29, 1.82) is 0 Å². The maximum atomic E-state index is 11.9. The Hall–Kier alpha value is -0.610. The second kappa shape index (κ2) is 6.97. The van der Waals surface area contributed by atoms with Crippen molar-refractivity contribution >= 4 is 5.91 Å². The van der Waals surface area contributed by atoms with E-state index in [2.05, 4.69) is 18.7 Å². The summed E-state index contributed by atoms with van der Waals surface area (Å²) in [6.45, 7) is 9.91. The van der Waals surface area contributed by atoms with Gasteiger partial charge in [-0.25, -0.2) is 0 Å². The van der Waals surface area contributed by atoms with Gasteiger partial charge in [0.05, 0.1) is 6.10 Å². The molecule has 1 aliphatic rings. The average Bonchev–Trinajstić information content (AvgIpc) is 2.77. The zero-order valence-corrected chi connectivity index (χ0v) is 11.4. The summed E-state index contributed by atoms with van der Waals surface area (Å²) in [7, 11) is 0. The Morgan fingerprint density at radius 1 is 1.47 bits per heavy atom. The molecule has 1 N–H and O–H groups in total. The third kappa shape index (κ3) is 4.28. The third-order valence-electron chi connectivity index (χ3n) is 3.62. The normalized spacial score (nSPS) is 22.2. The van der Waals surface area contributed by atoms with Gasteiger partial charge in [0, 0.05) is 25.6 Å². The number of nitrogens with zero attached hydrogens (tertiary/aromatic N) is 2. The van der Waals surface area contributed by atoms with Gasteiger partial charge in [-0.2, -0.15) is 0 Å². The first-order valence-electron chi connectivity index (χ1n) is 6.78. The van der Waals surface area contributed by atoms with Crippen LogP contribution in [0.3, 0.4) is 0 Å². The SMILES string of the molecule is CCN(CC)C1CCN(C(=O)CCC(C)O)C1. The Bertz CT molecular complexity index is 240. The maximum Gasteiger partial charge on any atom is 0.222 e. The van der Waals surface area contributed by atoms with Crippen molar-refractivity contribution < 1.29 is 9.90 Å². The highest BCUT2D eigenvalue weighted by Gasteiger charge is 2.28. The minimum atomic E-state index is -0.375. The van der Waals surface area contributed by atoms with Gasteiger partial charge >= 0.3 is 0 Å². The fourth-order valence-electron chi connectivity index (χ4n) is 2.50. The van der Waals surface area contributed by atoms with E-state index in [0.717, 1.165) is 32.6 Å². The molecule has 1 rings (SSSR count). The maximum absolute atomic E-state index is 11.9. The van der Waals surface area contributed by atoms with Crippen LogP contribution in [0.4, 0.5) is 0 Å². The molecule has 4 nitrogen and oxygen atoms in total. The van der Waals surface area contributed by atoms with Gasteiger partial charge < -0.3 is 10.0 Å². The molecule has 2 atom stereocenters. The Labute approximate surface area is 105 Å². The summed E-state index contributed by atoms with van der Waals surface area (Å²) in [6, 6.07) is 0.528. The number of amides is 1. The molecule has 0 saturated carbocycles. The lowest BCUT2D eigenvalue weighted by atomic mass is 10.2. The van der Waals surface area contributed by atoms with Crippen molar-refractivity contribution in [3.63, 3.8) is 0 Å². The smallest absolute Gasteiger partial charge is 0.222 e. The fourth-order valence-corrected chi connectivity index (χ4v) is 2.50. The third-order valence-corrected chi connectivity index (χ3v) is 3.62. The molecule has 4 heteroatoms. The second-order valence-corrected chi connectivity index (χ2v) is 4.89. The Kier molecular flexibility index (Phi) is 5.92. The first kappa shape index (κ1) is 14.5. The molecular formula is C13H26N2O2. The van der Waals surface area contributed by atoms with Crippen LogP contribution in [0.25, 0.3) is 0 Å². The standard InChI is InChI=1S/C13H26N2O2/c1-4-14(5-2)12-8-9-15(10-12)13(17)7-6-11(3)16/h11-12,16H,4-10H2,1-3H3. The van der Waals surface area contributed by atoms with E-state index in [4.69, 9.17) is 0 Å². The summed E-state index contributed by atoms with van der Waals surface area (Å²) < 4.78 is 0. The van der Waals surface area contributed by atoms with Crippen molar-refractivity contribution in [2.24, 2.45) is 0 Å². The molecule has 0 aromatic rings. The summed E-state index contributed by atoms with van der Waals surface area (Å²) in [5.41, 5.74) is 0. The zero-order valence-electron chi connectivity index (χ0n) is 11.4. The van der Waals surface area contributed by atoms with Crippen molar-refractivity contribution in [2.45, 2.75) is 52.2 Å². The van der Waals surface area contributed by atoms with Gasteiger partial charge in [-0.3, -0.25) is 9.69 Å². The minimum Gasteiger partial charge on any atom is -0.393 e. The van der Waals surface area contributed by atoms with Gasteiger partial charge in [0.15, 0.2) is 0 Å². The number of likely N-dealkylation sites (N-methyl/N-ethyl adjacent to an activating group) is 1. The molecule has 1 heterocycles. The van der Waals surface area contributed by atoms with Crippen molar-refractivity contribution in [2.75, 3.05) is 26.2 Å². The van der Waals surface area contributed by atoms with E-state index in [1.807, 2.05) is 4.90 Å². The summed E-state index contributed by atoms with van der Waals surface area (Å²) in [4.78, 5) is 16.3. The second-order valence-electron chi connectivity index (χ2n) is 4.89. The van der Waals surface area contributed by atoms with Crippen LogP contribution < -0.4 is 0 Å². The summed E-state index contributed by atoms with van der Waals surface area (Å²) in [5.74, 6) is 0.195. The molecule has 0 aromatic carbocycles. The van der Waals surface area contributed by atoms with Gasteiger partial charge in [-0.15, -0.1) is 0 Å². The number of carbonyl (C=O) groups excluding carboxylic acids is 1. The lowest BCUT2D eigenvalue weighted by Gasteiger charge is -2.26. The molecule has 0 radical (unpaired) electrons. The van der Waals surface area contributed by atoms with E-state index in [1.54, 1.807) is 6.92 Å². The molecule has 17 heavy (non-hydrogen) atoms. The number of aliphatic hydroxyl groups is 1. The largest absolute Gasteiger partial charge is 0.393 e. The molecule has 1 aliphatic heterocycles. The van der Waals surface area contributed by atoms with Gasteiger partial charge in [-0.05, 0) is 32.9 Å². The van der Waals surface area contributed by atoms with E-state index in [9.17, 15) is 9.90 Å². The molecule has 1 saturated heterocycles. The Balaban J connectivity index is 2.36. The molecule has 0 aromatic heterocycles. The van der Waals surface area contributed by atoms with Crippen LogP contribution in [-0.4, -0.2) is 59.1 Å². The fraction of sp³-hybridized carbons (Fsp3) is 0.923. The average molecular weight is 242 g/mol. The van der Waals surface area contributed by atoms with Crippen LogP contribution in [0.15, 0.2) is 0 Å². The molecule has 100 valence electrons. The van der Waals surface area contributed by atoms with E-state index < -0.39 is 0 Å². The predicted molar refractivity (Wildman–Crippen MR) is 68.8 cm³/mol. The minimum absolute atomic E-state index is 0.195. The van der Waals surface area contributed by atoms with Crippen LogP contribution in [0.1, 0.15) is 40.0 Å². The predicted octanol–water partition coefficient (Wildman–Crippen LogP) is 1.09. The number of carbonyl (C=O) groups is 1. The van der Waals surface area contributed by atoms with Gasteiger partial charge in [0.25, 0.3) is 0 Å². The lowest BCUT2D eigenvalue weighted by molar-refractivity contribution is -0.130. The van der Waals surface area contributed by atoms with E-state index in [1.165, 1.54) is 0 Å². The molecule has 0 spiro atoms.